The Bertz CT molecular complexity index is 758. The first kappa shape index (κ1) is 18.3. The number of anilines is 1. The highest BCUT2D eigenvalue weighted by Crippen LogP contribution is 2.44. The summed E-state index contributed by atoms with van der Waals surface area (Å²) in [5.74, 6) is 0.317. The number of rotatable bonds is 5. The van der Waals surface area contributed by atoms with Crippen LogP contribution in [0.3, 0.4) is 0 Å². The van der Waals surface area contributed by atoms with E-state index in [1.165, 1.54) is 0 Å². The Morgan fingerprint density at radius 2 is 2.04 bits per heavy atom. The third-order valence-electron chi connectivity index (χ3n) is 4.70. The van der Waals surface area contributed by atoms with Gasteiger partial charge in [0.2, 0.25) is 0 Å². The normalized spacial score (nSPS) is 22.0. The van der Waals surface area contributed by atoms with Gasteiger partial charge in [0.15, 0.2) is 0 Å². The molecule has 138 valence electrons. The number of allylic oxidation sites excluding steroid dienone is 1. The van der Waals surface area contributed by atoms with Crippen LogP contribution >= 0.6 is 0 Å². The molecule has 1 aliphatic carbocycles. The van der Waals surface area contributed by atoms with Gasteiger partial charge in [-0.2, -0.15) is 17.5 Å². The summed E-state index contributed by atoms with van der Waals surface area (Å²) >= 11 is 0. The van der Waals surface area contributed by atoms with Crippen LogP contribution in [0.4, 0.5) is 18.9 Å². The zero-order valence-corrected chi connectivity index (χ0v) is 14.5. The summed E-state index contributed by atoms with van der Waals surface area (Å²) in [6, 6.07) is 5.18. The molecular formula is C17H21F3N2O2S. The van der Waals surface area contributed by atoms with Crippen LogP contribution in [0.5, 0.6) is 0 Å². The molecule has 0 radical (unpaired) electrons. The molecule has 1 heterocycles. The van der Waals surface area contributed by atoms with Crippen molar-refractivity contribution in [1.82, 2.24) is 4.31 Å². The quantitative estimate of drug-likeness (QED) is 0.794. The summed E-state index contributed by atoms with van der Waals surface area (Å²) in [6.45, 7) is 3.16. The molecule has 1 saturated carbocycles. The summed E-state index contributed by atoms with van der Waals surface area (Å²) in [4.78, 5) is 0. The molecule has 2 aliphatic rings. The summed E-state index contributed by atoms with van der Waals surface area (Å²) in [6.07, 6.45) is 4.76. The maximum atomic E-state index is 13.1. The molecule has 0 saturated heterocycles. The Hall–Kier alpha value is -1.54. The van der Waals surface area contributed by atoms with Gasteiger partial charge in [-0.25, -0.2) is 8.42 Å². The Morgan fingerprint density at radius 3 is 2.64 bits per heavy atom. The van der Waals surface area contributed by atoms with Crippen LogP contribution in [0.25, 0.3) is 0 Å². The van der Waals surface area contributed by atoms with Gasteiger partial charge in [0.05, 0.1) is 0 Å². The molecule has 1 N–H and O–H groups in total. The van der Waals surface area contributed by atoms with Gasteiger partial charge in [-0.05, 0) is 48.8 Å². The minimum atomic E-state index is -5.38. The van der Waals surface area contributed by atoms with Gasteiger partial charge in [-0.1, -0.05) is 18.2 Å². The lowest BCUT2D eigenvalue weighted by Gasteiger charge is -2.25. The molecule has 0 aromatic heterocycles. The number of hydrogen-bond acceptors (Lipinski definition) is 3. The first-order chi connectivity index (χ1) is 11.7. The molecule has 0 amide bonds. The number of alkyl halides is 3. The fourth-order valence-electron chi connectivity index (χ4n) is 3.26. The lowest BCUT2D eigenvalue weighted by atomic mass is 10.0. The Kier molecular flexibility index (Phi) is 4.85. The average Bonchev–Trinajstić information content (AvgIpc) is 3.36. The molecule has 1 aromatic rings. The fraction of sp³-hybridized carbons (Fsp3) is 0.529. The summed E-state index contributed by atoms with van der Waals surface area (Å²) in [5.41, 5.74) is -2.94. The summed E-state index contributed by atoms with van der Waals surface area (Å²) < 4.78 is 64.0. The number of halogens is 3. The average molecular weight is 374 g/mol. The van der Waals surface area contributed by atoms with E-state index in [1.807, 2.05) is 18.2 Å². The third kappa shape index (κ3) is 3.69. The molecule has 4 nitrogen and oxygen atoms in total. The molecule has 1 aromatic carbocycles. The van der Waals surface area contributed by atoms with Gasteiger partial charge < -0.3 is 5.32 Å². The third-order valence-corrected chi connectivity index (χ3v) is 6.24. The number of nitrogens with zero attached hydrogens (tertiary/aromatic N) is 1. The largest absolute Gasteiger partial charge is 0.511 e. The van der Waals surface area contributed by atoms with Gasteiger partial charge in [-0.15, -0.1) is 6.58 Å². The molecule has 1 fully saturated rings. The van der Waals surface area contributed by atoms with E-state index in [1.54, 1.807) is 6.08 Å². The van der Waals surface area contributed by atoms with Crippen molar-refractivity contribution in [2.45, 2.75) is 49.7 Å². The molecule has 3 rings (SSSR count). The maximum Gasteiger partial charge on any atom is 0.511 e. The van der Waals surface area contributed by atoms with Crippen molar-refractivity contribution in [2.24, 2.45) is 0 Å². The van der Waals surface area contributed by atoms with E-state index in [2.05, 4.69) is 11.9 Å². The van der Waals surface area contributed by atoms with E-state index in [4.69, 9.17) is 0 Å². The predicted octanol–water partition coefficient (Wildman–Crippen LogP) is 3.98. The van der Waals surface area contributed by atoms with Crippen LogP contribution in [-0.2, 0) is 16.6 Å². The van der Waals surface area contributed by atoms with E-state index in [-0.39, 0.29) is 13.1 Å². The predicted molar refractivity (Wildman–Crippen MR) is 90.6 cm³/mol. The van der Waals surface area contributed by atoms with Gasteiger partial charge >= 0.3 is 15.5 Å². The molecule has 1 atom stereocenters. The van der Waals surface area contributed by atoms with Gasteiger partial charge in [-0.3, -0.25) is 0 Å². The minimum Gasteiger partial charge on any atom is -0.381 e. The number of benzene rings is 1. The minimum absolute atomic E-state index is 0.214. The van der Waals surface area contributed by atoms with Crippen LogP contribution < -0.4 is 5.32 Å². The first-order valence-electron chi connectivity index (χ1n) is 8.29. The van der Waals surface area contributed by atoms with Crippen molar-refractivity contribution in [3.63, 3.8) is 0 Å². The van der Waals surface area contributed by atoms with Crippen molar-refractivity contribution in [2.75, 3.05) is 11.9 Å². The molecule has 0 bridgehead atoms. The van der Waals surface area contributed by atoms with Crippen LogP contribution in [0.2, 0.25) is 0 Å². The van der Waals surface area contributed by atoms with E-state index in [0.717, 1.165) is 24.1 Å². The highest BCUT2D eigenvalue weighted by atomic mass is 32.2. The number of hydrogen-bond donors (Lipinski definition) is 1. The highest BCUT2D eigenvalue weighted by Gasteiger charge is 2.51. The Labute approximate surface area is 145 Å². The molecule has 8 heteroatoms. The van der Waals surface area contributed by atoms with Crippen molar-refractivity contribution < 1.29 is 21.6 Å². The SMILES string of the molecule is C=CCCC1CN(S(=O)(=O)C(F)(F)F)Cc2c(cccc2C2CC2)N1. The lowest BCUT2D eigenvalue weighted by Crippen LogP contribution is -2.44. The molecule has 1 aliphatic heterocycles. The molecule has 25 heavy (non-hydrogen) atoms. The zero-order chi connectivity index (χ0) is 18.2. The smallest absolute Gasteiger partial charge is 0.381 e. The van der Waals surface area contributed by atoms with Crippen LogP contribution in [0.15, 0.2) is 30.9 Å². The van der Waals surface area contributed by atoms with Crippen LogP contribution in [-0.4, -0.2) is 30.8 Å². The molecular weight excluding hydrogens is 353 g/mol. The number of nitrogens with one attached hydrogen (secondary N) is 1. The molecule has 1 unspecified atom stereocenters. The summed E-state index contributed by atoms with van der Waals surface area (Å²) in [7, 11) is -5.38. The topological polar surface area (TPSA) is 49.4 Å². The zero-order valence-electron chi connectivity index (χ0n) is 13.7. The first-order valence-corrected chi connectivity index (χ1v) is 9.73. The van der Waals surface area contributed by atoms with Crippen LogP contribution in [0, 0.1) is 0 Å². The second kappa shape index (κ2) is 6.64. The second-order valence-corrected chi connectivity index (χ2v) is 8.53. The number of sulfonamides is 1. The Morgan fingerprint density at radius 1 is 1.32 bits per heavy atom. The summed E-state index contributed by atoms with van der Waals surface area (Å²) in [5, 5.41) is 3.25. The van der Waals surface area contributed by atoms with Crippen molar-refractivity contribution >= 4 is 15.7 Å². The number of fused-ring (bicyclic) bond motifs is 1. The monoisotopic (exact) mass is 374 g/mol. The highest BCUT2D eigenvalue weighted by molar-refractivity contribution is 7.89. The van der Waals surface area contributed by atoms with E-state index < -0.39 is 21.6 Å². The van der Waals surface area contributed by atoms with Crippen molar-refractivity contribution in [1.29, 1.82) is 0 Å². The van der Waals surface area contributed by atoms with Crippen molar-refractivity contribution in [3.8, 4) is 0 Å². The van der Waals surface area contributed by atoms with Crippen LogP contribution in [0.1, 0.15) is 42.7 Å². The van der Waals surface area contributed by atoms with Gasteiger partial charge in [0.25, 0.3) is 0 Å². The van der Waals surface area contributed by atoms with E-state index in [9.17, 15) is 21.6 Å². The van der Waals surface area contributed by atoms with E-state index in [0.29, 0.717) is 28.6 Å². The fourth-order valence-corrected chi connectivity index (χ4v) is 4.23. The molecule has 0 spiro atoms. The lowest BCUT2D eigenvalue weighted by molar-refractivity contribution is -0.0491. The van der Waals surface area contributed by atoms with Gasteiger partial charge in [0.1, 0.15) is 0 Å². The van der Waals surface area contributed by atoms with E-state index >= 15 is 0 Å². The maximum absolute atomic E-state index is 13.1. The van der Waals surface area contributed by atoms with Gasteiger partial charge in [0, 0.05) is 24.8 Å². The standard InChI is InChI=1S/C17H21F3N2O2S/c1-2-3-5-13-10-22(25(23,24)17(18,19)20)11-15-14(12-8-9-12)6-4-7-16(15)21-13/h2,4,6-7,12-13,21H,1,3,5,8-11H2. The second-order valence-electron chi connectivity index (χ2n) is 6.60. The van der Waals surface area contributed by atoms with Crippen molar-refractivity contribution in [3.05, 3.63) is 42.0 Å². The Balaban J connectivity index is 2.01.